The van der Waals surface area contributed by atoms with Crippen LogP contribution in [0.5, 0.6) is 17.4 Å². The van der Waals surface area contributed by atoms with Gasteiger partial charge in [-0.05, 0) is 68.8 Å². The molecule has 0 bridgehead atoms. The summed E-state index contributed by atoms with van der Waals surface area (Å²) in [6.45, 7) is 3.86. The molecule has 1 amide bonds. The summed E-state index contributed by atoms with van der Waals surface area (Å²) in [6, 6.07) is 20.9. The van der Waals surface area contributed by atoms with Gasteiger partial charge >= 0.3 is 0 Å². The molecule has 0 aliphatic carbocycles. The highest BCUT2D eigenvalue weighted by molar-refractivity contribution is 5.90. The number of hydrogen-bond acceptors (Lipinski definition) is 4. The van der Waals surface area contributed by atoms with Crippen LogP contribution in [0.3, 0.4) is 0 Å². The van der Waals surface area contributed by atoms with Crippen LogP contribution in [0.1, 0.15) is 23.2 Å². The van der Waals surface area contributed by atoms with Crippen LogP contribution in [0, 0.1) is 19.7 Å². The number of nitrogens with one attached hydrogen (secondary N) is 1. The first-order valence-electron chi connectivity index (χ1n) is 11.0. The Morgan fingerprint density at radius 1 is 0.971 bits per heavy atom. The topological polar surface area (TPSA) is 65.4 Å². The number of benzene rings is 3. The molecule has 174 valence electrons. The smallest absolute Gasteiger partial charge is 0.226 e. The van der Waals surface area contributed by atoms with Gasteiger partial charge in [0.05, 0.1) is 18.5 Å². The van der Waals surface area contributed by atoms with Gasteiger partial charge in [-0.25, -0.2) is 9.07 Å². The van der Waals surface area contributed by atoms with Crippen LogP contribution in [-0.2, 0) is 11.2 Å². The SMILES string of the molecule is COc1ccccc1Oc1c(CCC(=O)Nc2ccc(C)cc2)c(C)nn1-c1ccc(F)cc1. The number of nitrogens with zero attached hydrogens (tertiary/aromatic N) is 2. The van der Waals surface area contributed by atoms with E-state index < -0.39 is 0 Å². The zero-order chi connectivity index (χ0) is 24.1. The monoisotopic (exact) mass is 459 g/mol. The highest BCUT2D eigenvalue weighted by Crippen LogP contribution is 2.36. The van der Waals surface area contributed by atoms with E-state index >= 15 is 0 Å². The predicted molar refractivity (Wildman–Crippen MR) is 129 cm³/mol. The molecule has 0 spiro atoms. The highest BCUT2D eigenvalue weighted by atomic mass is 19.1. The van der Waals surface area contributed by atoms with Crippen molar-refractivity contribution in [2.24, 2.45) is 0 Å². The average molecular weight is 460 g/mol. The number of carbonyl (C=O) groups excluding carboxylic acids is 1. The van der Waals surface area contributed by atoms with Crippen molar-refractivity contribution in [3.63, 3.8) is 0 Å². The third-order valence-corrected chi connectivity index (χ3v) is 5.42. The summed E-state index contributed by atoms with van der Waals surface area (Å²) in [5.41, 5.74) is 4.02. The quantitative estimate of drug-likeness (QED) is 0.351. The molecule has 0 saturated carbocycles. The molecule has 6 nitrogen and oxygen atoms in total. The summed E-state index contributed by atoms with van der Waals surface area (Å²) in [7, 11) is 1.57. The standard InChI is InChI=1S/C27H26FN3O3/c1-18-8-12-21(13-9-18)29-26(32)17-16-23-19(2)30-31(22-14-10-20(28)11-15-22)27(23)34-25-7-5-4-6-24(25)33-3/h4-15H,16-17H2,1-3H3,(H,29,32). The maximum Gasteiger partial charge on any atom is 0.226 e. The number of methoxy groups -OCH3 is 1. The Hall–Kier alpha value is -4.13. The lowest BCUT2D eigenvalue weighted by atomic mass is 10.1. The summed E-state index contributed by atoms with van der Waals surface area (Å²) in [6.07, 6.45) is 0.654. The molecule has 4 rings (SSSR count). The van der Waals surface area contributed by atoms with Gasteiger partial charge in [0.1, 0.15) is 5.82 Å². The van der Waals surface area contributed by atoms with Gasteiger partial charge in [0.25, 0.3) is 0 Å². The van der Waals surface area contributed by atoms with Gasteiger partial charge in [-0.15, -0.1) is 0 Å². The van der Waals surface area contributed by atoms with Gasteiger partial charge in [-0.3, -0.25) is 4.79 Å². The minimum absolute atomic E-state index is 0.110. The van der Waals surface area contributed by atoms with E-state index in [1.165, 1.54) is 12.1 Å². The maximum atomic E-state index is 13.5. The number of para-hydroxylation sites is 2. The zero-order valence-electron chi connectivity index (χ0n) is 19.3. The lowest BCUT2D eigenvalue weighted by Gasteiger charge is -2.14. The van der Waals surface area contributed by atoms with Gasteiger partial charge in [0.15, 0.2) is 11.5 Å². The van der Waals surface area contributed by atoms with E-state index in [-0.39, 0.29) is 18.1 Å². The third kappa shape index (κ3) is 5.26. The molecule has 1 heterocycles. The number of halogens is 1. The van der Waals surface area contributed by atoms with E-state index in [1.54, 1.807) is 36.1 Å². The number of aromatic nitrogens is 2. The van der Waals surface area contributed by atoms with Gasteiger partial charge < -0.3 is 14.8 Å². The van der Waals surface area contributed by atoms with Crippen LogP contribution in [0.4, 0.5) is 10.1 Å². The lowest BCUT2D eigenvalue weighted by Crippen LogP contribution is -2.12. The number of anilines is 1. The Kier molecular flexibility index (Phi) is 6.92. The normalized spacial score (nSPS) is 10.7. The lowest BCUT2D eigenvalue weighted by molar-refractivity contribution is -0.116. The average Bonchev–Trinajstić information content (AvgIpc) is 3.15. The predicted octanol–water partition coefficient (Wildman–Crippen LogP) is 6.00. The third-order valence-electron chi connectivity index (χ3n) is 5.42. The van der Waals surface area contributed by atoms with Crippen molar-refractivity contribution in [1.29, 1.82) is 0 Å². The van der Waals surface area contributed by atoms with Crippen molar-refractivity contribution in [3.8, 4) is 23.1 Å². The minimum Gasteiger partial charge on any atom is -0.493 e. The Labute approximate surface area is 198 Å². The molecular formula is C27H26FN3O3. The molecule has 7 heteroatoms. The zero-order valence-corrected chi connectivity index (χ0v) is 19.3. The molecule has 0 unspecified atom stereocenters. The Morgan fingerprint density at radius 2 is 1.65 bits per heavy atom. The molecule has 0 fully saturated rings. The van der Waals surface area contributed by atoms with Crippen molar-refractivity contribution in [2.45, 2.75) is 26.7 Å². The van der Waals surface area contributed by atoms with E-state index in [0.29, 0.717) is 29.5 Å². The van der Waals surface area contributed by atoms with E-state index in [9.17, 15) is 9.18 Å². The van der Waals surface area contributed by atoms with Crippen LogP contribution in [-0.4, -0.2) is 22.8 Å². The number of amides is 1. The molecule has 34 heavy (non-hydrogen) atoms. The fraction of sp³-hybridized carbons (Fsp3) is 0.185. The Morgan fingerprint density at radius 3 is 2.32 bits per heavy atom. The number of hydrogen-bond donors (Lipinski definition) is 1. The summed E-state index contributed by atoms with van der Waals surface area (Å²) in [5, 5.41) is 7.55. The second kappa shape index (κ2) is 10.2. The molecular weight excluding hydrogens is 433 g/mol. The van der Waals surface area contributed by atoms with Crippen molar-refractivity contribution in [1.82, 2.24) is 9.78 Å². The second-order valence-corrected chi connectivity index (χ2v) is 7.92. The molecule has 0 aliphatic rings. The van der Waals surface area contributed by atoms with Crippen LogP contribution in [0.2, 0.25) is 0 Å². The Bertz CT molecular complexity index is 1280. The fourth-order valence-electron chi connectivity index (χ4n) is 3.59. The Balaban J connectivity index is 1.63. The first kappa shape index (κ1) is 23.0. The number of ether oxygens (including phenoxy) is 2. The van der Waals surface area contributed by atoms with Crippen LogP contribution in [0.25, 0.3) is 5.69 Å². The number of rotatable bonds is 8. The van der Waals surface area contributed by atoms with Crippen molar-refractivity contribution >= 4 is 11.6 Å². The van der Waals surface area contributed by atoms with Crippen molar-refractivity contribution < 1.29 is 18.7 Å². The molecule has 0 atom stereocenters. The van der Waals surface area contributed by atoms with Crippen molar-refractivity contribution in [3.05, 3.63) is 95.4 Å². The van der Waals surface area contributed by atoms with Crippen LogP contribution in [0.15, 0.2) is 72.8 Å². The van der Waals surface area contributed by atoms with Crippen molar-refractivity contribution in [2.75, 3.05) is 12.4 Å². The van der Waals surface area contributed by atoms with Gasteiger partial charge in [-0.1, -0.05) is 29.8 Å². The summed E-state index contributed by atoms with van der Waals surface area (Å²) in [5.74, 6) is 1.08. The number of aryl methyl sites for hydroxylation is 2. The van der Waals surface area contributed by atoms with E-state index in [4.69, 9.17) is 9.47 Å². The van der Waals surface area contributed by atoms with E-state index in [1.807, 2.05) is 50.2 Å². The summed E-state index contributed by atoms with van der Waals surface area (Å²) >= 11 is 0. The molecule has 4 aromatic rings. The largest absolute Gasteiger partial charge is 0.493 e. The molecule has 0 saturated heterocycles. The maximum absolute atomic E-state index is 13.5. The first-order chi connectivity index (χ1) is 16.4. The van der Waals surface area contributed by atoms with Crippen LogP contribution < -0.4 is 14.8 Å². The molecule has 1 N–H and O–H groups in total. The summed E-state index contributed by atoms with van der Waals surface area (Å²) in [4.78, 5) is 12.6. The first-order valence-corrected chi connectivity index (χ1v) is 11.0. The van der Waals surface area contributed by atoms with E-state index in [0.717, 1.165) is 22.5 Å². The van der Waals surface area contributed by atoms with Gasteiger partial charge in [0, 0.05) is 17.7 Å². The number of carbonyl (C=O) groups is 1. The summed E-state index contributed by atoms with van der Waals surface area (Å²) < 4.78 is 26.9. The van der Waals surface area contributed by atoms with E-state index in [2.05, 4.69) is 10.4 Å². The van der Waals surface area contributed by atoms with Crippen LogP contribution >= 0.6 is 0 Å². The highest BCUT2D eigenvalue weighted by Gasteiger charge is 2.21. The molecule has 1 aromatic heterocycles. The minimum atomic E-state index is -0.340. The molecule has 0 aliphatic heterocycles. The molecule has 0 radical (unpaired) electrons. The molecule has 3 aromatic carbocycles. The second-order valence-electron chi connectivity index (χ2n) is 7.92. The fourth-order valence-corrected chi connectivity index (χ4v) is 3.59. The van der Waals surface area contributed by atoms with Gasteiger partial charge in [-0.2, -0.15) is 5.10 Å². The van der Waals surface area contributed by atoms with Gasteiger partial charge in [0.2, 0.25) is 11.8 Å².